The molecule has 0 aliphatic heterocycles. The third kappa shape index (κ3) is 4.35. The Balaban J connectivity index is 2.01. The van der Waals surface area contributed by atoms with Gasteiger partial charge >= 0.3 is 6.09 Å². The van der Waals surface area contributed by atoms with Crippen molar-refractivity contribution in [3.63, 3.8) is 0 Å². The number of nitrogens with one attached hydrogen (secondary N) is 1. The molecule has 0 aliphatic carbocycles. The van der Waals surface area contributed by atoms with Crippen LogP contribution in [0, 0.1) is 0 Å². The number of anilines is 3. The predicted octanol–water partition coefficient (Wildman–Crippen LogP) is 3.68. The van der Waals surface area contributed by atoms with Gasteiger partial charge in [-0.25, -0.2) is 20.3 Å². The largest absolute Gasteiger partial charge is 0.442 e. The number of nitrogens with two attached hydrogens (primary N) is 1. The molecule has 3 aromatic rings. The second-order valence-corrected chi connectivity index (χ2v) is 7.23. The second-order valence-electron chi connectivity index (χ2n) is 6.41. The molecule has 2 heterocycles. The fourth-order valence-corrected chi connectivity index (χ4v) is 2.29. The van der Waals surface area contributed by atoms with E-state index < -0.39 is 11.7 Å². The molecular formula is C15H15Cl2N7O3. The lowest BCUT2D eigenvalue weighted by Crippen LogP contribution is -2.42. The first-order chi connectivity index (χ1) is 12.6. The number of carbonyl (C=O) groups excluding carboxylic acids is 1. The number of hydrogen-bond acceptors (Lipinski definition) is 9. The average molecular weight is 412 g/mol. The molecule has 0 saturated heterocycles. The molecule has 1 amide bonds. The zero-order chi connectivity index (χ0) is 19.8. The number of aromatic nitrogens is 4. The molecule has 0 saturated carbocycles. The van der Waals surface area contributed by atoms with E-state index in [-0.39, 0.29) is 22.9 Å². The first kappa shape index (κ1) is 19.1. The Labute approximate surface area is 163 Å². The summed E-state index contributed by atoms with van der Waals surface area (Å²) < 4.78 is 9.87. The molecule has 12 heteroatoms. The van der Waals surface area contributed by atoms with E-state index in [0.717, 1.165) is 0 Å². The van der Waals surface area contributed by atoms with E-state index in [2.05, 4.69) is 30.2 Å². The molecule has 0 unspecified atom stereocenters. The molecule has 10 nitrogen and oxygen atoms in total. The number of benzene rings is 1. The van der Waals surface area contributed by atoms with Gasteiger partial charge in [-0.15, -0.1) is 0 Å². The molecule has 0 atom stereocenters. The second kappa shape index (κ2) is 7.14. The van der Waals surface area contributed by atoms with Gasteiger partial charge in [0.2, 0.25) is 11.3 Å². The van der Waals surface area contributed by atoms with Gasteiger partial charge < -0.3 is 10.1 Å². The quantitative estimate of drug-likeness (QED) is 0.375. The van der Waals surface area contributed by atoms with Crippen LogP contribution in [0.5, 0.6) is 0 Å². The Hall–Kier alpha value is -2.69. The summed E-state index contributed by atoms with van der Waals surface area (Å²) in [4.78, 5) is 20.7. The maximum Gasteiger partial charge on any atom is 0.430 e. The van der Waals surface area contributed by atoms with Gasteiger partial charge in [0.1, 0.15) is 5.60 Å². The molecule has 0 spiro atoms. The van der Waals surface area contributed by atoms with Crippen LogP contribution in [0.1, 0.15) is 20.8 Å². The van der Waals surface area contributed by atoms with Crippen LogP contribution in [-0.2, 0) is 4.74 Å². The minimum Gasteiger partial charge on any atom is -0.442 e. The van der Waals surface area contributed by atoms with Crippen LogP contribution >= 0.6 is 23.2 Å². The lowest BCUT2D eigenvalue weighted by Gasteiger charge is -2.24. The van der Waals surface area contributed by atoms with Crippen molar-refractivity contribution in [1.29, 1.82) is 0 Å². The molecule has 2 aromatic heterocycles. The van der Waals surface area contributed by atoms with Crippen molar-refractivity contribution in [3.05, 3.63) is 28.2 Å². The lowest BCUT2D eigenvalue weighted by atomic mass is 10.2. The van der Waals surface area contributed by atoms with Gasteiger partial charge in [0.25, 0.3) is 0 Å². The molecular weight excluding hydrogens is 397 g/mol. The van der Waals surface area contributed by atoms with E-state index in [9.17, 15) is 4.79 Å². The van der Waals surface area contributed by atoms with Crippen LogP contribution in [0.2, 0.25) is 10.0 Å². The molecule has 142 valence electrons. The minimum absolute atomic E-state index is 0.0430. The van der Waals surface area contributed by atoms with Crippen LogP contribution in [0.15, 0.2) is 22.8 Å². The number of nitrogens with zero attached hydrogens (tertiary/aromatic N) is 5. The van der Waals surface area contributed by atoms with Crippen molar-refractivity contribution in [3.8, 4) is 0 Å². The third-order valence-electron chi connectivity index (χ3n) is 3.10. The van der Waals surface area contributed by atoms with Crippen molar-refractivity contribution in [1.82, 2.24) is 20.3 Å². The van der Waals surface area contributed by atoms with Crippen LogP contribution in [0.25, 0.3) is 11.3 Å². The molecule has 3 rings (SSSR count). The maximum atomic E-state index is 12.3. The van der Waals surface area contributed by atoms with E-state index in [1.807, 2.05) is 0 Å². The van der Waals surface area contributed by atoms with Gasteiger partial charge in [0.05, 0.1) is 10.0 Å². The highest BCUT2D eigenvalue weighted by molar-refractivity contribution is 6.42. The van der Waals surface area contributed by atoms with Crippen LogP contribution in [-0.4, -0.2) is 32.0 Å². The third-order valence-corrected chi connectivity index (χ3v) is 3.84. The van der Waals surface area contributed by atoms with Gasteiger partial charge in [0.15, 0.2) is 11.6 Å². The smallest absolute Gasteiger partial charge is 0.430 e. The summed E-state index contributed by atoms with van der Waals surface area (Å²) in [5, 5.41) is 11.6. The van der Waals surface area contributed by atoms with Gasteiger partial charge in [-0.2, -0.15) is 9.99 Å². The summed E-state index contributed by atoms with van der Waals surface area (Å²) in [6, 6.07) is 4.85. The number of rotatable bonds is 3. The average Bonchev–Trinajstić information content (AvgIpc) is 3.02. The lowest BCUT2D eigenvalue weighted by molar-refractivity contribution is 0.0579. The van der Waals surface area contributed by atoms with Gasteiger partial charge in [0, 0.05) is 5.69 Å². The van der Waals surface area contributed by atoms with Crippen LogP contribution < -0.4 is 16.2 Å². The summed E-state index contributed by atoms with van der Waals surface area (Å²) in [5.41, 5.74) is -0.0187. The normalized spacial score (nSPS) is 11.5. The fourth-order valence-electron chi connectivity index (χ4n) is 1.99. The van der Waals surface area contributed by atoms with E-state index in [1.165, 1.54) is 0 Å². The number of ether oxygens (including phenoxy) is 1. The van der Waals surface area contributed by atoms with Crippen molar-refractivity contribution in [2.75, 3.05) is 10.3 Å². The molecule has 0 fully saturated rings. The monoisotopic (exact) mass is 411 g/mol. The van der Waals surface area contributed by atoms with E-state index in [1.54, 1.807) is 39.0 Å². The number of halogens is 2. The summed E-state index contributed by atoms with van der Waals surface area (Å²) >= 11 is 12.0. The summed E-state index contributed by atoms with van der Waals surface area (Å²) in [7, 11) is 0. The van der Waals surface area contributed by atoms with Gasteiger partial charge in [-0.1, -0.05) is 23.2 Å². The zero-order valence-corrected chi connectivity index (χ0v) is 16.0. The highest BCUT2D eigenvalue weighted by atomic mass is 35.5. The Morgan fingerprint density at radius 1 is 1.19 bits per heavy atom. The predicted molar refractivity (Wildman–Crippen MR) is 100 cm³/mol. The first-order valence-corrected chi connectivity index (χ1v) is 8.40. The number of hydrogen-bond donors (Lipinski definition) is 2. The molecule has 1 aromatic carbocycles. The summed E-state index contributed by atoms with van der Waals surface area (Å²) in [5.74, 6) is 5.98. The SMILES string of the molecule is CC(C)(C)OC(=O)N(N)c1nc2nonc2nc1Nc1ccc(Cl)c(Cl)c1. The van der Waals surface area contributed by atoms with Crippen molar-refractivity contribution in [2.24, 2.45) is 5.84 Å². The summed E-state index contributed by atoms with van der Waals surface area (Å²) in [6.07, 6.45) is -0.829. The fraction of sp³-hybridized carbons (Fsp3) is 0.267. The van der Waals surface area contributed by atoms with Gasteiger partial charge in [-0.3, -0.25) is 0 Å². The Kier molecular flexibility index (Phi) is 5.05. The molecule has 3 N–H and O–H groups in total. The first-order valence-electron chi connectivity index (χ1n) is 7.64. The number of fused-ring (bicyclic) bond motifs is 1. The standard InChI is InChI=1S/C15H15Cl2N7O3/c1-15(2,3)26-14(25)24(18)13-12(20-10-11(21-13)23-27-22-10)19-7-4-5-8(16)9(17)6-7/h4-6H,18H2,1-3H3,(H,19,20,22). The number of carbonyl (C=O) groups is 1. The van der Waals surface area contributed by atoms with E-state index in [0.29, 0.717) is 20.7 Å². The van der Waals surface area contributed by atoms with E-state index in [4.69, 9.17) is 33.8 Å². The highest BCUT2D eigenvalue weighted by Gasteiger charge is 2.26. The molecule has 0 aliphatic rings. The van der Waals surface area contributed by atoms with E-state index >= 15 is 0 Å². The van der Waals surface area contributed by atoms with Crippen molar-refractivity contribution < 1.29 is 14.2 Å². The van der Waals surface area contributed by atoms with Crippen LogP contribution in [0.4, 0.5) is 22.1 Å². The van der Waals surface area contributed by atoms with Crippen LogP contribution in [0.3, 0.4) is 0 Å². The van der Waals surface area contributed by atoms with Crippen molar-refractivity contribution in [2.45, 2.75) is 26.4 Å². The zero-order valence-electron chi connectivity index (χ0n) is 14.5. The molecule has 27 heavy (non-hydrogen) atoms. The number of amides is 1. The Morgan fingerprint density at radius 2 is 1.85 bits per heavy atom. The minimum atomic E-state index is -0.829. The highest BCUT2D eigenvalue weighted by Crippen LogP contribution is 2.30. The molecule has 0 bridgehead atoms. The number of hydrazine groups is 1. The maximum absolute atomic E-state index is 12.3. The Bertz CT molecular complexity index is 1000. The topological polar surface area (TPSA) is 132 Å². The Morgan fingerprint density at radius 3 is 2.48 bits per heavy atom. The van der Waals surface area contributed by atoms with Gasteiger partial charge in [-0.05, 0) is 49.3 Å². The summed E-state index contributed by atoms with van der Waals surface area (Å²) in [6.45, 7) is 5.14. The van der Waals surface area contributed by atoms with Crippen molar-refractivity contribution >= 4 is 57.9 Å². The molecule has 0 radical (unpaired) electrons.